The van der Waals surface area contributed by atoms with Gasteiger partial charge >= 0.3 is 0 Å². The van der Waals surface area contributed by atoms with Gasteiger partial charge < -0.3 is 10.3 Å². The van der Waals surface area contributed by atoms with E-state index in [4.69, 9.17) is 11.6 Å². The molecule has 0 saturated carbocycles. The van der Waals surface area contributed by atoms with Gasteiger partial charge in [0.05, 0.1) is 0 Å². The molecule has 0 spiro atoms. The van der Waals surface area contributed by atoms with Gasteiger partial charge in [-0.15, -0.1) is 0 Å². The van der Waals surface area contributed by atoms with Gasteiger partial charge in [0.15, 0.2) is 0 Å². The number of aromatic amines is 1. The molecule has 0 bridgehead atoms. The number of fused-ring (bicyclic) bond motifs is 1. The number of rotatable bonds is 3. The van der Waals surface area contributed by atoms with E-state index < -0.39 is 0 Å². The summed E-state index contributed by atoms with van der Waals surface area (Å²) in [5, 5.41) is 5.25. The summed E-state index contributed by atoms with van der Waals surface area (Å²) in [6, 6.07) is 6.42. The van der Waals surface area contributed by atoms with Gasteiger partial charge in [-0.3, -0.25) is 0 Å². The number of hydrogen-bond acceptors (Lipinski definition) is 1. The number of hydrogen-bond donors (Lipinski definition) is 2. The largest absolute Gasteiger partial charge is 0.361 e. The molecule has 0 aliphatic heterocycles. The molecule has 2 rings (SSSR count). The molecule has 2 aromatic rings. The topological polar surface area (TPSA) is 27.8 Å². The van der Waals surface area contributed by atoms with Crippen molar-refractivity contribution in [2.45, 2.75) is 19.4 Å². The van der Waals surface area contributed by atoms with Crippen LogP contribution in [0.5, 0.6) is 0 Å². The van der Waals surface area contributed by atoms with E-state index in [0.29, 0.717) is 6.04 Å². The van der Waals surface area contributed by atoms with Gasteiger partial charge in [-0.05, 0) is 44.2 Å². The maximum absolute atomic E-state index is 5.99. The fourth-order valence-electron chi connectivity index (χ4n) is 1.75. The Morgan fingerprint density at radius 1 is 1.47 bits per heavy atom. The molecule has 15 heavy (non-hydrogen) atoms. The Labute approximate surface area is 94.6 Å². The Kier molecular flexibility index (Phi) is 2.98. The van der Waals surface area contributed by atoms with Gasteiger partial charge in [-0.25, -0.2) is 0 Å². The summed E-state index contributed by atoms with van der Waals surface area (Å²) in [5.74, 6) is 0. The van der Waals surface area contributed by atoms with Crippen molar-refractivity contribution in [1.82, 2.24) is 10.3 Å². The SMILES string of the molecule is CNC(C)Cc1c[nH]c2ccc(Cl)cc12. The molecule has 80 valence electrons. The highest BCUT2D eigenvalue weighted by atomic mass is 35.5. The number of likely N-dealkylation sites (N-methyl/N-ethyl adjacent to an activating group) is 1. The average molecular weight is 223 g/mol. The average Bonchev–Trinajstić information content (AvgIpc) is 2.61. The normalized spacial score (nSPS) is 13.3. The lowest BCUT2D eigenvalue weighted by Gasteiger charge is -2.08. The lowest BCUT2D eigenvalue weighted by Crippen LogP contribution is -2.23. The zero-order valence-electron chi connectivity index (χ0n) is 8.97. The molecule has 1 unspecified atom stereocenters. The summed E-state index contributed by atoms with van der Waals surface area (Å²) in [5.41, 5.74) is 2.46. The molecular formula is C12H15ClN2. The van der Waals surface area contributed by atoms with Crippen LogP contribution < -0.4 is 5.32 Å². The highest BCUT2D eigenvalue weighted by Crippen LogP contribution is 2.23. The van der Waals surface area contributed by atoms with E-state index in [1.54, 1.807) is 0 Å². The third-order valence-corrected chi connectivity index (χ3v) is 2.98. The second-order valence-electron chi connectivity index (χ2n) is 3.90. The molecule has 0 radical (unpaired) electrons. The van der Waals surface area contributed by atoms with Crippen LogP contribution in [0.15, 0.2) is 24.4 Å². The van der Waals surface area contributed by atoms with E-state index in [1.807, 2.05) is 25.2 Å². The summed E-state index contributed by atoms with van der Waals surface area (Å²) in [7, 11) is 1.98. The van der Waals surface area contributed by atoms with Crippen molar-refractivity contribution in [2.75, 3.05) is 7.05 Å². The van der Waals surface area contributed by atoms with Crippen LogP contribution in [0, 0.1) is 0 Å². The first-order valence-corrected chi connectivity index (χ1v) is 5.51. The van der Waals surface area contributed by atoms with Crippen LogP contribution in [-0.4, -0.2) is 18.1 Å². The molecule has 0 saturated heterocycles. The van der Waals surface area contributed by atoms with Crippen molar-refractivity contribution in [3.05, 3.63) is 35.0 Å². The van der Waals surface area contributed by atoms with E-state index in [1.165, 1.54) is 10.9 Å². The van der Waals surface area contributed by atoms with Crippen molar-refractivity contribution in [3.8, 4) is 0 Å². The van der Waals surface area contributed by atoms with Crippen LogP contribution in [0.4, 0.5) is 0 Å². The molecule has 0 aliphatic rings. The minimum atomic E-state index is 0.475. The zero-order valence-corrected chi connectivity index (χ0v) is 9.73. The minimum absolute atomic E-state index is 0.475. The van der Waals surface area contributed by atoms with E-state index in [2.05, 4.69) is 23.4 Å². The first kappa shape index (κ1) is 10.5. The van der Waals surface area contributed by atoms with E-state index >= 15 is 0 Å². The third-order valence-electron chi connectivity index (χ3n) is 2.75. The molecule has 1 heterocycles. The van der Waals surface area contributed by atoms with E-state index in [9.17, 15) is 0 Å². The highest BCUT2D eigenvalue weighted by Gasteiger charge is 2.07. The third kappa shape index (κ3) is 2.16. The van der Waals surface area contributed by atoms with Crippen LogP contribution in [-0.2, 0) is 6.42 Å². The predicted molar refractivity (Wildman–Crippen MR) is 65.5 cm³/mol. The van der Waals surface area contributed by atoms with Gasteiger partial charge in [0, 0.05) is 28.2 Å². The molecule has 2 N–H and O–H groups in total. The van der Waals surface area contributed by atoms with Gasteiger partial charge in [0.2, 0.25) is 0 Å². The molecule has 0 fully saturated rings. The highest BCUT2D eigenvalue weighted by molar-refractivity contribution is 6.31. The van der Waals surface area contributed by atoms with Crippen molar-refractivity contribution in [2.24, 2.45) is 0 Å². The smallest absolute Gasteiger partial charge is 0.0457 e. The van der Waals surface area contributed by atoms with Crippen molar-refractivity contribution >= 4 is 22.5 Å². The maximum Gasteiger partial charge on any atom is 0.0457 e. The van der Waals surface area contributed by atoms with Crippen molar-refractivity contribution in [3.63, 3.8) is 0 Å². The second kappa shape index (κ2) is 4.25. The fourth-order valence-corrected chi connectivity index (χ4v) is 1.92. The second-order valence-corrected chi connectivity index (χ2v) is 4.33. The Morgan fingerprint density at radius 2 is 2.27 bits per heavy atom. The monoisotopic (exact) mass is 222 g/mol. The fraction of sp³-hybridized carbons (Fsp3) is 0.333. The Hall–Kier alpha value is -0.990. The van der Waals surface area contributed by atoms with Crippen LogP contribution in [0.25, 0.3) is 10.9 Å². The summed E-state index contributed by atoms with van der Waals surface area (Å²) in [6.07, 6.45) is 3.08. The van der Waals surface area contributed by atoms with E-state index in [0.717, 1.165) is 17.0 Å². The molecule has 1 aromatic heterocycles. The summed E-state index contributed by atoms with van der Waals surface area (Å²) in [4.78, 5) is 3.26. The number of benzene rings is 1. The van der Waals surface area contributed by atoms with Crippen LogP contribution in [0.2, 0.25) is 5.02 Å². The lowest BCUT2D eigenvalue weighted by atomic mass is 10.1. The first-order valence-electron chi connectivity index (χ1n) is 5.13. The zero-order chi connectivity index (χ0) is 10.8. The van der Waals surface area contributed by atoms with Gasteiger partial charge in [0.1, 0.15) is 0 Å². The van der Waals surface area contributed by atoms with Crippen molar-refractivity contribution in [1.29, 1.82) is 0 Å². The van der Waals surface area contributed by atoms with E-state index in [-0.39, 0.29) is 0 Å². The summed E-state index contributed by atoms with van der Waals surface area (Å²) in [6.45, 7) is 2.17. The molecule has 2 nitrogen and oxygen atoms in total. The minimum Gasteiger partial charge on any atom is -0.361 e. The van der Waals surface area contributed by atoms with Crippen LogP contribution >= 0.6 is 11.6 Å². The van der Waals surface area contributed by atoms with Crippen LogP contribution in [0.1, 0.15) is 12.5 Å². The maximum atomic E-state index is 5.99. The Balaban J connectivity index is 2.39. The van der Waals surface area contributed by atoms with Crippen LogP contribution in [0.3, 0.4) is 0 Å². The quantitative estimate of drug-likeness (QED) is 0.821. The Bertz CT molecular complexity index is 462. The van der Waals surface area contributed by atoms with Crippen molar-refractivity contribution < 1.29 is 0 Å². The molecule has 1 atom stereocenters. The van der Waals surface area contributed by atoms with Gasteiger partial charge in [-0.2, -0.15) is 0 Å². The Morgan fingerprint density at radius 3 is 3.00 bits per heavy atom. The molecular weight excluding hydrogens is 208 g/mol. The number of halogens is 1. The summed E-state index contributed by atoms with van der Waals surface area (Å²) >= 11 is 5.99. The standard InChI is InChI=1S/C12H15ClN2/c1-8(14-2)5-9-7-15-12-4-3-10(13)6-11(9)12/h3-4,6-8,14-15H,5H2,1-2H3. The molecule has 3 heteroatoms. The lowest BCUT2D eigenvalue weighted by molar-refractivity contribution is 0.610. The van der Waals surface area contributed by atoms with Gasteiger partial charge in [0.25, 0.3) is 0 Å². The molecule has 0 aliphatic carbocycles. The first-order chi connectivity index (χ1) is 7.20. The molecule has 1 aromatic carbocycles. The number of nitrogens with one attached hydrogen (secondary N) is 2. The molecule has 0 amide bonds. The predicted octanol–water partition coefficient (Wildman–Crippen LogP) is 2.97. The van der Waals surface area contributed by atoms with Gasteiger partial charge in [-0.1, -0.05) is 11.6 Å². The number of H-pyrrole nitrogens is 1. The summed E-state index contributed by atoms with van der Waals surface area (Å²) < 4.78 is 0. The number of aromatic nitrogens is 1.